The van der Waals surface area contributed by atoms with Crippen LogP contribution in [0, 0.1) is 0 Å². The first-order chi connectivity index (χ1) is 13.2. The summed E-state index contributed by atoms with van der Waals surface area (Å²) in [5, 5.41) is 6.30. The number of hydrogen-bond donors (Lipinski definition) is 1. The van der Waals surface area contributed by atoms with E-state index in [1.54, 1.807) is 0 Å². The second-order valence-corrected chi connectivity index (χ2v) is 7.39. The molecule has 0 unspecified atom stereocenters. The van der Waals surface area contributed by atoms with Crippen molar-refractivity contribution in [1.82, 2.24) is 5.32 Å². The van der Waals surface area contributed by atoms with Gasteiger partial charge in [0.05, 0.1) is 6.04 Å². The molecule has 0 bridgehead atoms. The molecule has 0 radical (unpaired) electrons. The lowest BCUT2D eigenvalue weighted by molar-refractivity contribution is 0.0914. The number of amides is 1. The zero-order chi connectivity index (χ0) is 18.4. The highest BCUT2D eigenvalue weighted by molar-refractivity contribution is 6.08. The highest BCUT2D eigenvalue weighted by Crippen LogP contribution is 2.29. The fraction of sp³-hybridized carbons (Fsp3) is 0.208. The van der Waals surface area contributed by atoms with Crippen LogP contribution in [0.5, 0.6) is 0 Å². The number of furan rings is 1. The van der Waals surface area contributed by atoms with Crippen molar-refractivity contribution >= 4 is 27.6 Å². The van der Waals surface area contributed by atoms with Crippen LogP contribution in [-0.4, -0.2) is 5.91 Å². The van der Waals surface area contributed by atoms with Gasteiger partial charge in [-0.05, 0) is 65.8 Å². The molecule has 3 nitrogen and oxygen atoms in total. The maximum absolute atomic E-state index is 12.8. The third-order valence-corrected chi connectivity index (χ3v) is 5.62. The highest BCUT2D eigenvalue weighted by atomic mass is 16.3. The molecule has 4 aromatic rings. The van der Waals surface area contributed by atoms with Gasteiger partial charge in [0.2, 0.25) is 0 Å². The Kier molecular flexibility index (Phi) is 3.75. The third-order valence-electron chi connectivity index (χ3n) is 5.62. The quantitative estimate of drug-likeness (QED) is 0.522. The SMILES string of the molecule is C[C@@H](NC(=O)c1cc2c(ccc3ccccc32)o1)c1ccc2c(c1)CCC2. The lowest BCUT2D eigenvalue weighted by Crippen LogP contribution is -2.26. The molecular formula is C24H21NO2. The summed E-state index contributed by atoms with van der Waals surface area (Å²) in [6, 6.07) is 20.4. The third kappa shape index (κ3) is 2.80. The standard InChI is InChI=1S/C24H21NO2/c1-15(18-10-9-16-6-4-7-19(16)13-18)25-24(26)23-14-21-20-8-3-2-5-17(20)11-12-22(21)27-23/h2-3,5,8-15H,4,6-7H2,1H3,(H,25,26)/t15-/m1/s1. The Morgan fingerprint density at radius 3 is 2.74 bits per heavy atom. The van der Waals surface area contributed by atoms with Crippen molar-refractivity contribution < 1.29 is 9.21 Å². The number of nitrogens with one attached hydrogen (secondary N) is 1. The van der Waals surface area contributed by atoms with E-state index in [0.717, 1.165) is 33.7 Å². The predicted molar refractivity (Wildman–Crippen MR) is 108 cm³/mol. The van der Waals surface area contributed by atoms with E-state index in [9.17, 15) is 4.79 Å². The molecule has 1 aliphatic rings. The number of carbonyl (C=O) groups is 1. The zero-order valence-electron chi connectivity index (χ0n) is 15.3. The van der Waals surface area contributed by atoms with Gasteiger partial charge in [0, 0.05) is 5.39 Å². The smallest absolute Gasteiger partial charge is 0.287 e. The van der Waals surface area contributed by atoms with Gasteiger partial charge in [-0.25, -0.2) is 0 Å². The summed E-state index contributed by atoms with van der Waals surface area (Å²) in [6.07, 6.45) is 3.54. The molecule has 1 atom stereocenters. The number of aryl methyl sites for hydroxylation is 2. The molecule has 1 aromatic heterocycles. The van der Waals surface area contributed by atoms with Gasteiger partial charge in [-0.3, -0.25) is 4.79 Å². The lowest BCUT2D eigenvalue weighted by atomic mass is 10.0. The molecule has 134 valence electrons. The number of rotatable bonds is 3. The van der Waals surface area contributed by atoms with Gasteiger partial charge in [-0.15, -0.1) is 0 Å². The molecule has 3 heteroatoms. The molecule has 1 N–H and O–H groups in total. The predicted octanol–water partition coefficient (Wildman–Crippen LogP) is 5.57. The molecule has 3 aromatic carbocycles. The Labute approximate surface area is 158 Å². The van der Waals surface area contributed by atoms with Gasteiger partial charge in [-0.1, -0.05) is 48.5 Å². The van der Waals surface area contributed by atoms with Crippen LogP contribution in [0.25, 0.3) is 21.7 Å². The molecule has 1 heterocycles. The molecule has 5 rings (SSSR count). The molecule has 0 spiro atoms. The summed E-state index contributed by atoms with van der Waals surface area (Å²) >= 11 is 0. The van der Waals surface area contributed by atoms with Gasteiger partial charge >= 0.3 is 0 Å². The minimum atomic E-state index is -0.178. The summed E-state index contributed by atoms with van der Waals surface area (Å²) < 4.78 is 5.84. The summed E-state index contributed by atoms with van der Waals surface area (Å²) in [5.41, 5.74) is 4.75. The average molecular weight is 355 g/mol. The molecule has 0 saturated carbocycles. The van der Waals surface area contributed by atoms with Crippen molar-refractivity contribution in [3.05, 3.63) is 83.1 Å². The van der Waals surface area contributed by atoms with E-state index in [2.05, 4.69) is 35.6 Å². The minimum absolute atomic E-state index is 0.0617. The monoisotopic (exact) mass is 355 g/mol. The zero-order valence-corrected chi connectivity index (χ0v) is 15.3. The van der Waals surface area contributed by atoms with Crippen molar-refractivity contribution in [2.75, 3.05) is 0 Å². The summed E-state index contributed by atoms with van der Waals surface area (Å²) in [5.74, 6) is 0.178. The van der Waals surface area contributed by atoms with Crippen LogP contribution in [0.4, 0.5) is 0 Å². The number of hydrogen-bond acceptors (Lipinski definition) is 2. The second-order valence-electron chi connectivity index (χ2n) is 7.39. The van der Waals surface area contributed by atoms with E-state index in [4.69, 9.17) is 4.42 Å². The van der Waals surface area contributed by atoms with Gasteiger partial charge in [0.25, 0.3) is 5.91 Å². The van der Waals surface area contributed by atoms with Crippen LogP contribution in [0.15, 0.2) is 65.1 Å². The van der Waals surface area contributed by atoms with Crippen molar-refractivity contribution in [2.24, 2.45) is 0 Å². The molecule has 0 fully saturated rings. The molecular weight excluding hydrogens is 334 g/mol. The van der Waals surface area contributed by atoms with E-state index in [1.807, 2.05) is 37.3 Å². The first kappa shape index (κ1) is 16.1. The van der Waals surface area contributed by atoms with E-state index in [1.165, 1.54) is 24.0 Å². The number of carbonyl (C=O) groups excluding carboxylic acids is 1. The minimum Gasteiger partial charge on any atom is -0.451 e. The first-order valence-electron chi connectivity index (χ1n) is 9.53. The fourth-order valence-corrected chi connectivity index (χ4v) is 4.12. The Balaban J connectivity index is 1.43. The second kappa shape index (κ2) is 6.27. The van der Waals surface area contributed by atoms with E-state index < -0.39 is 0 Å². The van der Waals surface area contributed by atoms with Crippen LogP contribution in [0.3, 0.4) is 0 Å². The van der Waals surface area contributed by atoms with Crippen LogP contribution in [0.1, 0.15) is 46.6 Å². The highest BCUT2D eigenvalue weighted by Gasteiger charge is 2.18. The van der Waals surface area contributed by atoms with Crippen molar-refractivity contribution in [1.29, 1.82) is 0 Å². The van der Waals surface area contributed by atoms with E-state index in [0.29, 0.717) is 5.76 Å². The van der Waals surface area contributed by atoms with Crippen LogP contribution >= 0.6 is 0 Å². The molecule has 0 saturated heterocycles. The average Bonchev–Trinajstić information content (AvgIpc) is 3.34. The first-order valence-corrected chi connectivity index (χ1v) is 9.53. The van der Waals surface area contributed by atoms with E-state index in [-0.39, 0.29) is 11.9 Å². The topological polar surface area (TPSA) is 42.2 Å². The molecule has 1 amide bonds. The number of benzene rings is 3. The maximum atomic E-state index is 12.8. The van der Waals surface area contributed by atoms with E-state index >= 15 is 0 Å². The van der Waals surface area contributed by atoms with Crippen LogP contribution < -0.4 is 5.32 Å². The fourth-order valence-electron chi connectivity index (χ4n) is 4.12. The normalized spacial score (nSPS) is 14.4. The summed E-state index contributed by atoms with van der Waals surface area (Å²) in [6.45, 7) is 2.02. The maximum Gasteiger partial charge on any atom is 0.287 e. The Morgan fingerprint density at radius 2 is 1.81 bits per heavy atom. The summed E-state index contributed by atoms with van der Waals surface area (Å²) in [7, 11) is 0. The largest absolute Gasteiger partial charge is 0.451 e. The Morgan fingerprint density at radius 1 is 0.963 bits per heavy atom. The van der Waals surface area contributed by atoms with Crippen molar-refractivity contribution in [3.63, 3.8) is 0 Å². The van der Waals surface area contributed by atoms with Crippen LogP contribution in [0.2, 0.25) is 0 Å². The molecule has 1 aliphatic carbocycles. The van der Waals surface area contributed by atoms with Gasteiger partial charge in [0.1, 0.15) is 5.58 Å². The lowest BCUT2D eigenvalue weighted by Gasteiger charge is -2.14. The number of fused-ring (bicyclic) bond motifs is 4. The molecule has 0 aliphatic heterocycles. The van der Waals surface area contributed by atoms with Gasteiger partial charge < -0.3 is 9.73 Å². The Bertz CT molecular complexity index is 1170. The van der Waals surface area contributed by atoms with Crippen molar-refractivity contribution in [2.45, 2.75) is 32.2 Å². The van der Waals surface area contributed by atoms with Gasteiger partial charge in [-0.2, -0.15) is 0 Å². The molecule has 27 heavy (non-hydrogen) atoms. The van der Waals surface area contributed by atoms with Gasteiger partial charge in [0.15, 0.2) is 5.76 Å². The Hall–Kier alpha value is -3.07. The van der Waals surface area contributed by atoms with Crippen molar-refractivity contribution in [3.8, 4) is 0 Å². The van der Waals surface area contributed by atoms with Crippen LogP contribution in [-0.2, 0) is 12.8 Å². The summed E-state index contributed by atoms with van der Waals surface area (Å²) in [4.78, 5) is 12.8.